The Hall–Kier alpha value is -1.57. The minimum absolute atomic E-state index is 0.284. The van der Waals surface area contributed by atoms with Gasteiger partial charge >= 0.3 is 0 Å². The minimum atomic E-state index is 0.284. The van der Waals surface area contributed by atoms with Gasteiger partial charge < -0.3 is 4.74 Å². The van der Waals surface area contributed by atoms with Crippen molar-refractivity contribution < 1.29 is 9.53 Å². The average Bonchev–Trinajstić information content (AvgIpc) is 2.93. The highest BCUT2D eigenvalue weighted by molar-refractivity contribution is 5.91. The molecule has 0 heterocycles. The first-order valence-corrected chi connectivity index (χ1v) is 10.0. The summed E-state index contributed by atoms with van der Waals surface area (Å²) < 4.78 is 5.44. The van der Waals surface area contributed by atoms with E-state index in [0.717, 1.165) is 30.4 Å². The molecule has 4 aliphatic carbocycles. The number of allylic oxidation sites excluding steroid dienone is 2. The second-order valence-electron chi connectivity index (χ2n) is 8.97. The summed E-state index contributed by atoms with van der Waals surface area (Å²) in [6.45, 7) is 2.47. The summed E-state index contributed by atoms with van der Waals surface area (Å²) in [5, 5.41) is 0. The van der Waals surface area contributed by atoms with Crippen LogP contribution in [0.2, 0.25) is 0 Å². The molecule has 2 fully saturated rings. The lowest BCUT2D eigenvalue weighted by Gasteiger charge is -2.49. The molecule has 0 aliphatic heterocycles. The second-order valence-corrected chi connectivity index (χ2v) is 8.97. The van der Waals surface area contributed by atoms with Crippen LogP contribution in [0, 0.1) is 23.2 Å². The highest BCUT2D eigenvalue weighted by atomic mass is 16.5. The van der Waals surface area contributed by atoms with Crippen LogP contribution in [0.4, 0.5) is 0 Å². The molecule has 0 saturated heterocycles. The van der Waals surface area contributed by atoms with Crippen molar-refractivity contribution in [3.8, 4) is 5.75 Å². The van der Waals surface area contributed by atoms with Crippen LogP contribution in [0.5, 0.6) is 5.75 Å². The van der Waals surface area contributed by atoms with Crippen molar-refractivity contribution in [1.29, 1.82) is 0 Å². The quantitative estimate of drug-likeness (QED) is 0.716. The van der Waals surface area contributed by atoms with Crippen LogP contribution in [-0.4, -0.2) is 12.9 Å². The van der Waals surface area contributed by atoms with E-state index in [2.05, 4.69) is 31.2 Å². The Bertz CT molecular complexity index is 761. The van der Waals surface area contributed by atoms with Crippen LogP contribution >= 0.6 is 0 Å². The summed E-state index contributed by atoms with van der Waals surface area (Å²) >= 11 is 0. The molecule has 2 nitrogen and oxygen atoms in total. The van der Waals surface area contributed by atoms with Crippen LogP contribution in [-0.2, 0) is 11.2 Å². The van der Waals surface area contributed by atoms with Gasteiger partial charge in [0.15, 0.2) is 5.78 Å². The fourth-order valence-corrected chi connectivity index (χ4v) is 6.82. The van der Waals surface area contributed by atoms with Gasteiger partial charge in [-0.3, -0.25) is 4.79 Å². The standard InChI is InChI=1S/C23H28O2/c1-23-10-9-19-18-8-6-17(25-2)11-14(18)4-7-20(19)22(23)12-15-3-5-16(24)13-21(15)23/h6,8,11,13,15,19-20,22H,3-5,7,9-10,12H2,1-2H3/t15-,19-,20-,22+,23-/m1/s1. The maximum atomic E-state index is 12.0. The number of fused-ring (bicyclic) bond motifs is 7. The van der Waals surface area contributed by atoms with E-state index in [1.54, 1.807) is 12.7 Å². The van der Waals surface area contributed by atoms with Gasteiger partial charge in [0.1, 0.15) is 5.75 Å². The number of hydrogen-bond acceptors (Lipinski definition) is 2. The molecule has 0 spiro atoms. The molecule has 2 saturated carbocycles. The molecule has 0 unspecified atom stereocenters. The molecule has 5 rings (SSSR count). The van der Waals surface area contributed by atoms with Crippen LogP contribution in [0.3, 0.4) is 0 Å². The Kier molecular flexibility index (Phi) is 3.42. The fraction of sp³-hybridized carbons (Fsp3) is 0.609. The SMILES string of the molecule is COc1ccc2c(c1)CC[C@@H]1[C@@H]2CC[C@]2(C)C3=CC(=O)CC[C@@H]3C[C@@H]12. The number of carbonyl (C=O) groups excluding carboxylic acids is 1. The predicted molar refractivity (Wildman–Crippen MR) is 98.8 cm³/mol. The van der Waals surface area contributed by atoms with Gasteiger partial charge in [-0.1, -0.05) is 18.6 Å². The monoisotopic (exact) mass is 336 g/mol. The van der Waals surface area contributed by atoms with Gasteiger partial charge in [0.2, 0.25) is 0 Å². The van der Waals surface area contributed by atoms with Crippen LogP contribution in [0.15, 0.2) is 29.8 Å². The van der Waals surface area contributed by atoms with Crippen LogP contribution < -0.4 is 4.74 Å². The molecule has 0 bridgehead atoms. The third kappa shape index (κ3) is 2.19. The summed E-state index contributed by atoms with van der Waals surface area (Å²) in [5.74, 6) is 4.32. The minimum Gasteiger partial charge on any atom is -0.497 e. The average molecular weight is 336 g/mol. The zero-order chi connectivity index (χ0) is 17.2. The first-order chi connectivity index (χ1) is 12.1. The van der Waals surface area contributed by atoms with Gasteiger partial charge in [0.05, 0.1) is 7.11 Å². The molecule has 1 aromatic rings. The number of carbonyl (C=O) groups is 1. The number of methoxy groups -OCH3 is 1. The lowest BCUT2D eigenvalue weighted by Crippen LogP contribution is -2.40. The molecule has 1 aromatic carbocycles. The first-order valence-electron chi connectivity index (χ1n) is 10.0. The smallest absolute Gasteiger partial charge is 0.155 e. The van der Waals surface area contributed by atoms with E-state index in [0.29, 0.717) is 17.6 Å². The van der Waals surface area contributed by atoms with E-state index >= 15 is 0 Å². The summed E-state index contributed by atoms with van der Waals surface area (Å²) in [7, 11) is 1.76. The molecular formula is C23H28O2. The summed E-state index contributed by atoms with van der Waals surface area (Å²) in [4.78, 5) is 12.0. The Morgan fingerprint density at radius 2 is 2.04 bits per heavy atom. The van der Waals surface area contributed by atoms with Crippen molar-refractivity contribution >= 4 is 5.78 Å². The van der Waals surface area contributed by atoms with Crippen molar-refractivity contribution in [2.75, 3.05) is 7.11 Å². The Labute approximate surface area is 150 Å². The van der Waals surface area contributed by atoms with E-state index in [-0.39, 0.29) is 5.41 Å². The predicted octanol–water partition coefficient (Wildman–Crippen LogP) is 5.07. The molecule has 0 N–H and O–H groups in total. The highest BCUT2D eigenvalue weighted by Gasteiger charge is 2.56. The van der Waals surface area contributed by atoms with E-state index in [9.17, 15) is 4.79 Å². The van der Waals surface area contributed by atoms with Gasteiger partial charge in [-0.05, 0) is 96.9 Å². The second kappa shape index (κ2) is 5.46. The molecule has 2 heteroatoms. The van der Waals surface area contributed by atoms with Gasteiger partial charge in [-0.15, -0.1) is 0 Å². The van der Waals surface area contributed by atoms with Crippen molar-refractivity contribution in [3.05, 3.63) is 41.0 Å². The van der Waals surface area contributed by atoms with Gasteiger partial charge in [-0.2, -0.15) is 0 Å². The van der Waals surface area contributed by atoms with Gasteiger partial charge in [0, 0.05) is 6.42 Å². The van der Waals surface area contributed by atoms with Crippen LogP contribution in [0.25, 0.3) is 0 Å². The van der Waals surface area contributed by atoms with E-state index in [1.807, 2.05) is 0 Å². The largest absolute Gasteiger partial charge is 0.497 e. The van der Waals surface area contributed by atoms with Crippen molar-refractivity contribution in [1.82, 2.24) is 0 Å². The van der Waals surface area contributed by atoms with E-state index in [1.165, 1.54) is 43.2 Å². The Balaban J connectivity index is 1.51. The zero-order valence-corrected chi connectivity index (χ0v) is 15.4. The van der Waals surface area contributed by atoms with Crippen molar-refractivity contribution in [2.24, 2.45) is 23.2 Å². The molecule has 5 atom stereocenters. The van der Waals surface area contributed by atoms with E-state index in [4.69, 9.17) is 4.74 Å². The van der Waals surface area contributed by atoms with Gasteiger partial charge in [-0.25, -0.2) is 0 Å². The fourth-order valence-electron chi connectivity index (χ4n) is 6.82. The number of benzene rings is 1. The third-order valence-electron chi connectivity index (χ3n) is 8.02. The van der Waals surface area contributed by atoms with E-state index < -0.39 is 0 Å². The number of hydrogen-bond donors (Lipinski definition) is 0. The summed E-state index contributed by atoms with van der Waals surface area (Å²) in [6, 6.07) is 6.73. The Morgan fingerprint density at radius 3 is 2.88 bits per heavy atom. The number of aryl methyl sites for hydroxylation is 1. The third-order valence-corrected chi connectivity index (χ3v) is 8.02. The normalized spacial score (nSPS) is 39.0. The zero-order valence-electron chi connectivity index (χ0n) is 15.4. The maximum Gasteiger partial charge on any atom is 0.155 e. The van der Waals surface area contributed by atoms with Gasteiger partial charge in [0.25, 0.3) is 0 Å². The van der Waals surface area contributed by atoms with Crippen molar-refractivity contribution in [3.63, 3.8) is 0 Å². The lowest BCUT2D eigenvalue weighted by molar-refractivity contribution is -0.115. The molecule has 25 heavy (non-hydrogen) atoms. The maximum absolute atomic E-state index is 12.0. The topological polar surface area (TPSA) is 26.3 Å². The first kappa shape index (κ1) is 15.7. The van der Waals surface area contributed by atoms with Crippen molar-refractivity contribution in [2.45, 2.75) is 57.8 Å². The Morgan fingerprint density at radius 1 is 1.16 bits per heavy atom. The molecule has 0 aromatic heterocycles. The molecule has 4 aliphatic rings. The highest BCUT2D eigenvalue weighted by Crippen LogP contribution is 2.65. The molecule has 0 amide bonds. The lowest BCUT2D eigenvalue weighted by atomic mass is 9.55. The molecular weight excluding hydrogens is 308 g/mol. The summed E-state index contributed by atoms with van der Waals surface area (Å²) in [6.07, 6.45) is 10.3. The van der Waals surface area contributed by atoms with Crippen LogP contribution in [0.1, 0.15) is 62.5 Å². The molecule has 0 radical (unpaired) electrons. The number of ketones is 1. The molecule has 132 valence electrons. The summed E-state index contributed by atoms with van der Waals surface area (Å²) in [5.41, 5.74) is 4.90. The number of ether oxygens (including phenoxy) is 1. The number of rotatable bonds is 1.